The summed E-state index contributed by atoms with van der Waals surface area (Å²) in [4.78, 5) is 13.0. The van der Waals surface area contributed by atoms with Crippen molar-refractivity contribution in [2.45, 2.75) is 104 Å². The van der Waals surface area contributed by atoms with Gasteiger partial charge in [0.05, 0.1) is 45.4 Å². The molecule has 0 aromatic heterocycles. The van der Waals surface area contributed by atoms with E-state index in [4.69, 9.17) is 0 Å². The Morgan fingerprint density at radius 2 is 1.39 bits per heavy atom. The molecular weight excluding hydrogens is 388 g/mol. The van der Waals surface area contributed by atoms with Crippen LogP contribution in [0.3, 0.4) is 0 Å². The van der Waals surface area contributed by atoms with Gasteiger partial charge in [0.2, 0.25) is 5.91 Å². The fraction of sp³-hybridized carbons (Fsp3) is 0.962. The van der Waals surface area contributed by atoms with Crippen LogP contribution >= 0.6 is 0 Å². The third kappa shape index (κ3) is 8.33. The number of rotatable bonds is 12. The number of aliphatic hydroxyl groups excluding tert-OH is 2. The molecule has 1 aliphatic carbocycles. The lowest BCUT2D eigenvalue weighted by Gasteiger charge is -2.55. The second-order valence-electron chi connectivity index (χ2n) is 12.3. The zero-order chi connectivity index (χ0) is 24.0. The van der Waals surface area contributed by atoms with Crippen molar-refractivity contribution in [2.24, 2.45) is 29.6 Å². The number of quaternary nitrogens is 1. The van der Waals surface area contributed by atoms with E-state index in [1.54, 1.807) is 0 Å². The maximum atomic E-state index is 13.0. The molecule has 184 valence electrons. The van der Waals surface area contributed by atoms with Crippen molar-refractivity contribution in [1.29, 1.82) is 0 Å². The lowest BCUT2D eigenvalue weighted by molar-refractivity contribution is -0.870. The molecule has 1 fully saturated rings. The highest BCUT2D eigenvalue weighted by molar-refractivity contribution is 5.77. The van der Waals surface area contributed by atoms with E-state index in [0.717, 1.165) is 49.6 Å². The second kappa shape index (κ2) is 12.0. The molecule has 5 heteroatoms. The molecule has 1 rings (SSSR count). The van der Waals surface area contributed by atoms with Crippen molar-refractivity contribution in [2.75, 3.05) is 27.7 Å². The van der Waals surface area contributed by atoms with E-state index in [0.29, 0.717) is 18.3 Å². The Hall–Kier alpha value is -0.650. The van der Waals surface area contributed by atoms with Crippen LogP contribution in [-0.2, 0) is 4.79 Å². The maximum absolute atomic E-state index is 13.0. The summed E-state index contributed by atoms with van der Waals surface area (Å²) < 4.78 is 0.822. The molecule has 0 aliphatic heterocycles. The summed E-state index contributed by atoms with van der Waals surface area (Å²) >= 11 is 0. The molecule has 0 radical (unpaired) electrons. The molecule has 0 saturated heterocycles. The molecule has 0 aromatic rings. The van der Waals surface area contributed by atoms with Gasteiger partial charge in [-0.1, -0.05) is 54.4 Å². The Morgan fingerprint density at radius 3 is 1.74 bits per heavy atom. The van der Waals surface area contributed by atoms with Crippen molar-refractivity contribution in [3.8, 4) is 0 Å². The molecule has 31 heavy (non-hydrogen) atoms. The summed E-state index contributed by atoms with van der Waals surface area (Å²) in [6, 6.07) is 0. The normalized spacial score (nSPS) is 29.7. The lowest BCUT2D eigenvalue weighted by atomic mass is 9.60. The molecule has 0 bridgehead atoms. The van der Waals surface area contributed by atoms with Gasteiger partial charge in [0.15, 0.2) is 0 Å². The van der Waals surface area contributed by atoms with Crippen LogP contribution in [-0.4, -0.2) is 66.0 Å². The first-order chi connectivity index (χ1) is 14.2. The highest BCUT2D eigenvalue weighted by Crippen LogP contribution is 2.45. The van der Waals surface area contributed by atoms with E-state index < -0.39 is 17.7 Å². The third-order valence-electron chi connectivity index (χ3n) is 7.25. The fourth-order valence-electron chi connectivity index (χ4n) is 5.24. The molecule has 3 N–H and O–H groups in total. The monoisotopic (exact) mass is 441 g/mol. The van der Waals surface area contributed by atoms with Crippen LogP contribution < -0.4 is 5.32 Å². The third-order valence-corrected chi connectivity index (χ3v) is 7.25. The standard InChI is InChI=1S/C26H52N2O3/c1-18(2)12-14-21-17-22(15-13-19(3)4)25(31)26(20(5)6,24(21)30)27-23(29)11-10-16-28(7,8)9/h18-22,24-25,30-31H,10-17H2,1-9H3/p+1. The minimum Gasteiger partial charge on any atom is -0.390 e. The van der Waals surface area contributed by atoms with Gasteiger partial charge in [-0.05, 0) is 48.9 Å². The van der Waals surface area contributed by atoms with Gasteiger partial charge in [0.1, 0.15) is 0 Å². The van der Waals surface area contributed by atoms with Gasteiger partial charge in [-0.25, -0.2) is 0 Å². The molecule has 1 saturated carbocycles. The summed E-state index contributed by atoms with van der Waals surface area (Å²) in [6.07, 6.45) is 4.61. The summed E-state index contributed by atoms with van der Waals surface area (Å²) in [6.45, 7) is 13.8. The van der Waals surface area contributed by atoms with Crippen molar-refractivity contribution in [1.82, 2.24) is 5.32 Å². The minimum absolute atomic E-state index is 0.0487. The van der Waals surface area contributed by atoms with Gasteiger partial charge in [0, 0.05) is 12.8 Å². The number of nitrogens with one attached hydrogen (secondary N) is 1. The summed E-state index contributed by atoms with van der Waals surface area (Å²) in [5.41, 5.74) is -0.977. The van der Waals surface area contributed by atoms with Gasteiger partial charge < -0.3 is 20.0 Å². The summed E-state index contributed by atoms with van der Waals surface area (Å²) in [5.74, 6) is 1.27. The number of hydrogen-bond donors (Lipinski definition) is 3. The Labute approximate surface area is 192 Å². The zero-order valence-electron chi connectivity index (χ0n) is 21.9. The molecular formula is C26H53N2O3+. The van der Waals surface area contributed by atoms with Crippen molar-refractivity contribution in [3.63, 3.8) is 0 Å². The Morgan fingerprint density at radius 1 is 0.935 bits per heavy atom. The lowest BCUT2D eigenvalue weighted by Crippen LogP contribution is -2.72. The zero-order valence-corrected chi connectivity index (χ0v) is 21.9. The molecule has 0 spiro atoms. The molecule has 0 aromatic carbocycles. The van der Waals surface area contributed by atoms with Crippen LogP contribution in [0.2, 0.25) is 0 Å². The average molecular weight is 442 g/mol. The number of nitrogens with zero attached hydrogens (tertiary/aromatic N) is 1. The number of amides is 1. The van der Waals surface area contributed by atoms with Crippen LogP contribution in [0.15, 0.2) is 0 Å². The first-order valence-corrected chi connectivity index (χ1v) is 12.7. The predicted molar refractivity (Wildman–Crippen MR) is 130 cm³/mol. The Balaban J connectivity index is 3.11. The number of aliphatic hydroxyl groups is 2. The first kappa shape index (κ1) is 28.4. The molecule has 4 unspecified atom stereocenters. The molecule has 4 atom stereocenters. The fourth-order valence-corrected chi connectivity index (χ4v) is 5.24. The minimum atomic E-state index is -0.977. The quantitative estimate of drug-likeness (QED) is 0.397. The van der Waals surface area contributed by atoms with Gasteiger partial charge in [0.25, 0.3) is 0 Å². The van der Waals surface area contributed by atoms with Crippen LogP contribution in [0, 0.1) is 29.6 Å². The van der Waals surface area contributed by atoms with Crippen LogP contribution in [0.1, 0.15) is 86.5 Å². The smallest absolute Gasteiger partial charge is 0.220 e. The van der Waals surface area contributed by atoms with Crippen LogP contribution in [0.5, 0.6) is 0 Å². The van der Waals surface area contributed by atoms with E-state index in [1.807, 2.05) is 13.8 Å². The number of carbonyl (C=O) groups is 1. The van der Waals surface area contributed by atoms with Gasteiger partial charge in [-0.2, -0.15) is 0 Å². The topological polar surface area (TPSA) is 69.6 Å². The van der Waals surface area contributed by atoms with E-state index in [9.17, 15) is 15.0 Å². The summed E-state index contributed by atoms with van der Waals surface area (Å²) in [5, 5.41) is 26.3. The average Bonchev–Trinajstić information content (AvgIpc) is 2.62. The van der Waals surface area contributed by atoms with Crippen molar-refractivity contribution >= 4 is 5.91 Å². The maximum Gasteiger partial charge on any atom is 0.220 e. The molecule has 1 amide bonds. The van der Waals surface area contributed by atoms with Crippen molar-refractivity contribution in [3.05, 3.63) is 0 Å². The Bertz CT molecular complexity index is 515. The van der Waals surface area contributed by atoms with E-state index in [2.05, 4.69) is 54.2 Å². The molecule has 0 heterocycles. The SMILES string of the molecule is CC(C)CCC1CC(CCC(C)C)C(O)C(NC(=O)CCC[N+](C)(C)C)(C(C)C)C1O. The Kier molecular flexibility index (Phi) is 11.0. The largest absolute Gasteiger partial charge is 0.390 e. The summed E-state index contributed by atoms with van der Waals surface area (Å²) in [7, 11) is 6.38. The predicted octanol–water partition coefficient (Wildman–Crippen LogP) is 4.21. The van der Waals surface area contributed by atoms with Crippen LogP contribution in [0.4, 0.5) is 0 Å². The second-order valence-corrected chi connectivity index (χ2v) is 12.3. The van der Waals surface area contributed by atoms with E-state index in [1.165, 1.54) is 0 Å². The molecule has 5 nitrogen and oxygen atoms in total. The van der Waals surface area contributed by atoms with Gasteiger partial charge in [-0.3, -0.25) is 4.79 Å². The van der Waals surface area contributed by atoms with Crippen molar-refractivity contribution < 1.29 is 19.5 Å². The first-order valence-electron chi connectivity index (χ1n) is 12.7. The molecule has 1 aliphatic rings. The van der Waals surface area contributed by atoms with Gasteiger partial charge >= 0.3 is 0 Å². The number of hydrogen-bond acceptors (Lipinski definition) is 3. The highest BCUT2D eigenvalue weighted by atomic mass is 16.3. The number of carbonyl (C=O) groups excluding carboxylic acids is 1. The van der Waals surface area contributed by atoms with E-state index in [-0.39, 0.29) is 23.7 Å². The van der Waals surface area contributed by atoms with Gasteiger partial charge in [-0.15, -0.1) is 0 Å². The van der Waals surface area contributed by atoms with Crippen LogP contribution in [0.25, 0.3) is 0 Å². The van der Waals surface area contributed by atoms with E-state index >= 15 is 0 Å². The highest BCUT2D eigenvalue weighted by Gasteiger charge is 2.56.